The maximum atomic E-state index is 12.3. The molecule has 25 heavy (non-hydrogen) atoms. The molecule has 136 valence electrons. The van der Waals surface area contributed by atoms with Crippen LogP contribution in [0, 0.1) is 4.77 Å². The topological polar surface area (TPSA) is 66.0 Å². The number of rotatable bonds is 7. The number of carbonyl (C=O) groups is 1. The molecule has 2 aromatic rings. The van der Waals surface area contributed by atoms with E-state index in [9.17, 15) is 4.79 Å². The van der Waals surface area contributed by atoms with Gasteiger partial charge in [0.15, 0.2) is 10.6 Å². The maximum absolute atomic E-state index is 12.3. The highest BCUT2D eigenvalue weighted by Crippen LogP contribution is 2.22. The molecular formula is C17H25N5OS2. The number of amides is 1. The molecular weight excluding hydrogens is 354 g/mol. The third-order valence-corrected chi connectivity index (χ3v) is 5.73. The van der Waals surface area contributed by atoms with Crippen molar-refractivity contribution < 1.29 is 4.79 Å². The van der Waals surface area contributed by atoms with Gasteiger partial charge in [0.2, 0.25) is 5.91 Å². The van der Waals surface area contributed by atoms with E-state index in [1.165, 1.54) is 6.42 Å². The monoisotopic (exact) mass is 379 g/mol. The molecule has 1 saturated heterocycles. The molecule has 8 heteroatoms. The molecule has 2 N–H and O–H groups in total. The number of carbonyl (C=O) groups excluding carboxylic acids is 1. The van der Waals surface area contributed by atoms with Crippen LogP contribution in [0.4, 0.5) is 0 Å². The summed E-state index contributed by atoms with van der Waals surface area (Å²) in [6.45, 7) is 6.06. The van der Waals surface area contributed by atoms with Gasteiger partial charge in [0.05, 0.1) is 4.88 Å². The Morgan fingerprint density at radius 2 is 2.24 bits per heavy atom. The van der Waals surface area contributed by atoms with Gasteiger partial charge in [0.25, 0.3) is 0 Å². The average Bonchev–Trinajstić information content (AvgIpc) is 3.25. The summed E-state index contributed by atoms with van der Waals surface area (Å²) < 4.78 is 2.47. The highest BCUT2D eigenvalue weighted by atomic mass is 32.1. The van der Waals surface area contributed by atoms with Gasteiger partial charge in [-0.2, -0.15) is 5.10 Å². The van der Waals surface area contributed by atoms with E-state index < -0.39 is 0 Å². The molecule has 1 amide bonds. The average molecular weight is 380 g/mol. The first-order valence-electron chi connectivity index (χ1n) is 8.88. The van der Waals surface area contributed by atoms with Gasteiger partial charge >= 0.3 is 0 Å². The van der Waals surface area contributed by atoms with Gasteiger partial charge in [-0.15, -0.1) is 11.3 Å². The summed E-state index contributed by atoms with van der Waals surface area (Å²) in [5.74, 6) is 0.898. The molecule has 1 aliphatic rings. The summed E-state index contributed by atoms with van der Waals surface area (Å²) in [6, 6.07) is 4.30. The van der Waals surface area contributed by atoms with E-state index in [-0.39, 0.29) is 5.91 Å². The quantitative estimate of drug-likeness (QED) is 0.726. The Hall–Kier alpha value is -1.51. The molecule has 0 aromatic carbocycles. The van der Waals surface area contributed by atoms with E-state index in [1.807, 2.05) is 22.1 Å². The second kappa shape index (κ2) is 8.73. The Balaban J connectivity index is 1.50. The van der Waals surface area contributed by atoms with Crippen LogP contribution >= 0.6 is 23.6 Å². The van der Waals surface area contributed by atoms with Crippen molar-refractivity contribution in [2.75, 3.05) is 19.6 Å². The van der Waals surface area contributed by atoms with E-state index in [1.54, 1.807) is 11.3 Å². The van der Waals surface area contributed by atoms with E-state index in [2.05, 4.69) is 27.3 Å². The van der Waals surface area contributed by atoms with Gasteiger partial charge in [-0.25, -0.2) is 0 Å². The summed E-state index contributed by atoms with van der Waals surface area (Å²) in [4.78, 5) is 15.8. The van der Waals surface area contributed by atoms with Crippen LogP contribution < -0.4 is 5.32 Å². The lowest BCUT2D eigenvalue weighted by Crippen LogP contribution is -2.44. The van der Waals surface area contributed by atoms with Crippen molar-refractivity contribution in [3.05, 3.63) is 22.3 Å². The SMILES string of the molecule is CCCN1CCC(NC(=O)CCn2c(-c3cccs3)n[nH]c2=S)CC1. The Morgan fingerprint density at radius 1 is 1.44 bits per heavy atom. The number of nitrogens with one attached hydrogen (secondary N) is 2. The lowest BCUT2D eigenvalue weighted by atomic mass is 10.0. The Kier molecular flexibility index (Phi) is 6.39. The summed E-state index contributed by atoms with van der Waals surface area (Å²) in [5, 5.41) is 12.3. The number of H-pyrrole nitrogens is 1. The van der Waals surface area contributed by atoms with Crippen LogP contribution in [0.5, 0.6) is 0 Å². The van der Waals surface area contributed by atoms with E-state index in [0.29, 0.717) is 23.8 Å². The molecule has 0 bridgehead atoms. The number of nitrogens with zero attached hydrogens (tertiary/aromatic N) is 3. The Morgan fingerprint density at radius 3 is 2.92 bits per heavy atom. The minimum atomic E-state index is 0.0918. The van der Waals surface area contributed by atoms with Crippen molar-refractivity contribution >= 4 is 29.5 Å². The van der Waals surface area contributed by atoms with Crippen LogP contribution in [0.3, 0.4) is 0 Å². The molecule has 0 aliphatic carbocycles. The van der Waals surface area contributed by atoms with Crippen molar-refractivity contribution in [2.24, 2.45) is 0 Å². The van der Waals surface area contributed by atoms with Crippen LogP contribution in [0.15, 0.2) is 17.5 Å². The Labute approximate surface area is 157 Å². The Bertz CT molecular complexity index is 729. The standard InChI is InChI=1S/C17H25N5OS2/c1-2-8-21-9-5-13(6-10-21)18-15(23)7-11-22-16(19-20-17(22)24)14-4-3-12-25-14/h3-4,12-13H,2,5-11H2,1H3,(H,18,23)(H,20,24). The third kappa shape index (κ3) is 4.77. The number of likely N-dealkylation sites (tertiary alicyclic amines) is 1. The van der Waals surface area contributed by atoms with Crippen molar-refractivity contribution in [2.45, 2.75) is 45.2 Å². The maximum Gasteiger partial charge on any atom is 0.222 e. The van der Waals surface area contributed by atoms with Gasteiger partial charge in [0, 0.05) is 32.1 Å². The lowest BCUT2D eigenvalue weighted by molar-refractivity contribution is -0.122. The van der Waals surface area contributed by atoms with Gasteiger partial charge in [-0.05, 0) is 49.5 Å². The highest BCUT2D eigenvalue weighted by Gasteiger charge is 2.20. The second-order valence-corrected chi connectivity index (χ2v) is 7.75. The van der Waals surface area contributed by atoms with Crippen LogP contribution in [0.1, 0.15) is 32.6 Å². The van der Waals surface area contributed by atoms with Crippen LogP contribution in [-0.4, -0.2) is 51.2 Å². The van der Waals surface area contributed by atoms with E-state index in [4.69, 9.17) is 12.2 Å². The zero-order chi connectivity index (χ0) is 17.6. The molecule has 3 rings (SSSR count). The number of piperidine rings is 1. The molecule has 0 atom stereocenters. The summed E-state index contributed by atoms with van der Waals surface area (Å²) >= 11 is 6.93. The second-order valence-electron chi connectivity index (χ2n) is 6.41. The van der Waals surface area contributed by atoms with Gasteiger partial charge in [-0.1, -0.05) is 13.0 Å². The van der Waals surface area contributed by atoms with Crippen molar-refractivity contribution in [1.29, 1.82) is 0 Å². The normalized spacial score (nSPS) is 16.2. The zero-order valence-corrected chi connectivity index (χ0v) is 16.2. The molecule has 1 aliphatic heterocycles. The van der Waals surface area contributed by atoms with Crippen LogP contribution in [0.25, 0.3) is 10.7 Å². The first kappa shape index (κ1) is 18.3. The van der Waals surface area contributed by atoms with Crippen LogP contribution in [-0.2, 0) is 11.3 Å². The molecule has 0 radical (unpaired) electrons. The predicted molar refractivity (Wildman–Crippen MR) is 103 cm³/mol. The minimum absolute atomic E-state index is 0.0918. The minimum Gasteiger partial charge on any atom is -0.353 e. The van der Waals surface area contributed by atoms with Crippen molar-refractivity contribution in [3.8, 4) is 10.7 Å². The first-order valence-corrected chi connectivity index (χ1v) is 10.2. The molecule has 0 unspecified atom stereocenters. The van der Waals surface area contributed by atoms with Crippen molar-refractivity contribution in [1.82, 2.24) is 25.0 Å². The first-order chi connectivity index (χ1) is 12.2. The van der Waals surface area contributed by atoms with Gasteiger partial charge in [0.1, 0.15) is 0 Å². The number of hydrogen-bond acceptors (Lipinski definition) is 5. The predicted octanol–water partition coefficient (Wildman–Crippen LogP) is 3.05. The summed E-state index contributed by atoms with van der Waals surface area (Å²) in [5.41, 5.74) is 0. The van der Waals surface area contributed by atoms with Gasteiger partial charge < -0.3 is 10.2 Å². The van der Waals surface area contributed by atoms with Crippen molar-refractivity contribution in [3.63, 3.8) is 0 Å². The summed E-state index contributed by atoms with van der Waals surface area (Å²) in [6.07, 6.45) is 3.69. The number of aromatic amines is 1. The van der Waals surface area contributed by atoms with Crippen LogP contribution in [0.2, 0.25) is 0 Å². The highest BCUT2D eigenvalue weighted by molar-refractivity contribution is 7.71. The summed E-state index contributed by atoms with van der Waals surface area (Å²) in [7, 11) is 0. The number of hydrogen-bond donors (Lipinski definition) is 2. The van der Waals surface area contributed by atoms with E-state index in [0.717, 1.165) is 43.2 Å². The fourth-order valence-corrected chi connectivity index (χ4v) is 4.19. The lowest BCUT2D eigenvalue weighted by Gasteiger charge is -2.32. The van der Waals surface area contributed by atoms with Gasteiger partial charge in [-0.3, -0.25) is 14.5 Å². The fraction of sp³-hybridized carbons (Fsp3) is 0.588. The molecule has 0 saturated carbocycles. The number of thiophene rings is 1. The zero-order valence-electron chi connectivity index (χ0n) is 14.5. The largest absolute Gasteiger partial charge is 0.353 e. The molecule has 1 fully saturated rings. The van der Waals surface area contributed by atoms with E-state index >= 15 is 0 Å². The fourth-order valence-electron chi connectivity index (χ4n) is 3.25. The third-order valence-electron chi connectivity index (χ3n) is 4.55. The number of aromatic nitrogens is 3. The molecule has 2 aromatic heterocycles. The smallest absolute Gasteiger partial charge is 0.222 e. The molecule has 3 heterocycles. The molecule has 6 nitrogen and oxygen atoms in total. The molecule has 0 spiro atoms.